The Labute approximate surface area is 99.9 Å². The van der Waals surface area contributed by atoms with Crippen molar-refractivity contribution in [3.63, 3.8) is 0 Å². The molecule has 1 unspecified atom stereocenters. The molecule has 0 spiro atoms. The molecule has 0 aliphatic rings. The van der Waals surface area contributed by atoms with Gasteiger partial charge in [-0.05, 0) is 15.9 Å². The number of fused-ring (bicyclic) bond motifs is 1. The molecular formula is C9H10BrN3OS. The van der Waals surface area contributed by atoms with E-state index >= 15 is 0 Å². The van der Waals surface area contributed by atoms with Crippen LogP contribution in [-0.4, -0.2) is 31.3 Å². The van der Waals surface area contributed by atoms with Gasteiger partial charge in [0.15, 0.2) is 5.65 Å². The van der Waals surface area contributed by atoms with Crippen LogP contribution in [0.1, 0.15) is 6.92 Å². The summed E-state index contributed by atoms with van der Waals surface area (Å²) in [5.74, 6) is 0. The van der Waals surface area contributed by atoms with Gasteiger partial charge in [-0.2, -0.15) is 0 Å². The van der Waals surface area contributed by atoms with E-state index in [-0.39, 0.29) is 11.9 Å². The first-order valence-electron chi connectivity index (χ1n) is 4.47. The van der Waals surface area contributed by atoms with Crippen molar-refractivity contribution in [2.24, 2.45) is 0 Å². The lowest BCUT2D eigenvalue weighted by atomic mass is 10.5. The Bertz CT molecular complexity index is 473. The molecular weight excluding hydrogens is 278 g/mol. The van der Waals surface area contributed by atoms with Crippen LogP contribution < -0.4 is 0 Å². The zero-order chi connectivity index (χ0) is 10.8. The van der Waals surface area contributed by atoms with Gasteiger partial charge in [0.2, 0.25) is 0 Å². The summed E-state index contributed by atoms with van der Waals surface area (Å²) in [6.45, 7) is 2.08. The monoisotopic (exact) mass is 287 g/mol. The zero-order valence-electron chi connectivity index (χ0n) is 8.09. The highest BCUT2D eigenvalue weighted by molar-refractivity contribution is 9.10. The highest BCUT2D eigenvalue weighted by atomic mass is 79.9. The molecule has 2 aromatic rings. The average molecular weight is 288 g/mol. The second kappa shape index (κ2) is 4.51. The summed E-state index contributed by atoms with van der Waals surface area (Å²) in [5.41, 5.74) is 0.823. The maximum absolute atomic E-state index is 9.00. The lowest BCUT2D eigenvalue weighted by Crippen LogP contribution is -2.03. The standard InChI is InChI=1S/C9H10BrN3OS/c1-6(5-14)15-9-8-11-2-3-13(8)4-7(10)12-9/h2-4,6,14H,5H2,1H3. The average Bonchev–Trinajstić information content (AvgIpc) is 2.65. The van der Waals surface area contributed by atoms with Gasteiger partial charge in [0.05, 0.1) is 6.61 Å². The molecule has 2 heterocycles. The first-order valence-corrected chi connectivity index (χ1v) is 6.14. The lowest BCUT2D eigenvalue weighted by molar-refractivity contribution is 0.300. The van der Waals surface area contributed by atoms with Gasteiger partial charge >= 0.3 is 0 Å². The SMILES string of the molecule is CC(CO)Sc1nc(Br)cn2ccnc12. The van der Waals surface area contributed by atoms with Crippen LogP contribution in [0.4, 0.5) is 0 Å². The van der Waals surface area contributed by atoms with Crippen LogP contribution >= 0.6 is 27.7 Å². The lowest BCUT2D eigenvalue weighted by Gasteiger charge is -2.07. The summed E-state index contributed by atoms with van der Waals surface area (Å²) < 4.78 is 2.67. The molecule has 80 valence electrons. The van der Waals surface area contributed by atoms with Crippen LogP contribution in [0.15, 0.2) is 28.2 Å². The van der Waals surface area contributed by atoms with Gasteiger partial charge in [-0.3, -0.25) is 0 Å². The van der Waals surface area contributed by atoms with E-state index in [0.29, 0.717) is 0 Å². The van der Waals surface area contributed by atoms with Gasteiger partial charge in [0, 0.05) is 23.8 Å². The van der Waals surface area contributed by atoms with Crippen molar-refractivity contribution < 1.29 is 5.11 Å². The maximum atomic E-state index is 9.00. The van der Waals surface area contributed by atoms with Gasteiger partial charge in [-0.1, -0.05) is 18.7 Å². The van der Waals surface area contributed by atoms with Crippen LogP contribution in [-0.2, 0) is 0 Å². The number of hydrogen-bond acceptors (Lipinski definition) is 4. The number of aliphatic hydroxyl groups excluding tert-OH is 1. The molecule has 0 aliphatic carbocycles. The van der Waals surface area contributed by atoms with Gasteiger partial charge in [-0.25, -0.2) is 9.97 Å². The fourth-order valence-corrected chi connectivity index (χ4v) is 2.57. The third kappa shape index (κ3) is 2.32. The van der Waals surface area contributed by atoms with Crippen molar-refractivity contribution in [1.29, 1.82) is 0 Å². The van der Waals surface area contributed by atoms with Crippen molar-refractivity contribution in [1.82, 2.24) is 14.4 Å². The largest absolute Gasteiger partial charge is 0.395 e. The fourth-order valence-electron chi connectivity index (χ4n) is 1.18. The van der Waals surface area contributed by atoms with Crippen LogP contribution in [0.2, 0.25) is 0 Å². The molecule has 0 radical (unpaired) electrons. The number of imidazole rings is 1. The van der Waals surface area contributed by atoms with Crippen LogP contribution in [0.25, 0.3) is 5.65 Å². The first kappa shape index (κ1) is 10.9. The molecule has 0 aromatic carbocycles. The van der Waals surface area contributed by atoms with E-state index in [1.807, 2.05) is 23.7 Å². The Hall–Kier alpha value is -0.590. The predicted molar refractivity (Wildman–Crippen MR) is 63.1 cm³/mol. The first-order chi connectivity index (χ1) is 7.20. The number of aliphatic hydroxyl groups is 1. The Morgan fingerprint density at radius 1 is 1.67 bits per heavy atom. The minimum atomic E-state index is 0.118. The molecule has 6 heteroatoms. The molecule has 0 bridgehead atoms. The normalized spacial score (nSPS) is 13.3. The van der Waals surface area contributed by atoms with Gasteiger partial charge < -0.3 is 9.51 Å². The minimum Gasteiger partial charge on any atom is -0.395 e. The topological polar surface area (TPSA) is 50.4 Å². The third-order valence-electron chi connectivity index (χ3n) is 1.88. The Morgan fingerprint density at radius 2 is 2.47 bits per heavy atom. The molecule has 1 N–H and O–H groups in total. The van der Waals surface area contributed by atoms with Crippen molar-refractivity contribution in [2.45, 2.75) is 17.2 Å². The van der Waals surface area contributed by atoms with E-state index in [0.717, 1.165) is 15.3 Å². The van der Waals surface area contributed by atoms with Crippen LogP contribution in [0, 0.1) is 0 Å². The highest BCUT2D eigenvalue weighted by Gasteiger charge is 2.10. The predicted octanol–water partition coefficient (Wildman–Crippen LogP) is 1.96. The van der Waals surface area contributed by atoms with Crippen molar-refractivity contribution >= 4 is 33.3 Å². The molecule has 0 amide bonds. The number of halogens is 1. The second-order valence-corrected chi connectivity index (χ2v) is 5.38. The number of aromatic nitrogens is 3. The van der Waals surface area contributed by atoms with Gasteiger partial charge in [0.25, 0.3) is 0 Å². The van der Waals surface area contributed by atoms with E-state index in [2.05, 4.69) is 25.9 Å². The quantitative estimate of drug-likeness (QED) is 0.877. The summed E-state index contributed by atoms with van der Waals surface area (Å²) in [7, 11) is 0. The Kier molecular flexibility index (Phi) is 3.28. The van der Waals surface area contributed by atoms with Gasteiger partial charge in [-0.15, -0.1) is 0 Å². The summed E-state index contributed by atoms with van der Waals surface area (Å²) in [5, 5.41) is 9.95. The van der Waals surface area contributed by atoms with E-state index in [4.69, 9.17) is 5.11 Å². The molecule has 1 atom stereocenters. The van der Waals surface area contributed by atoms with Gasteiger partial charge in [0.1, 0.15) is 9.63 Å². The van der Waals surface area contributed by atoms with Crippen molar-refractivity contribution in [2.75, 3.05) is 6.61 Å². The summed E-state index contributed by atoms with van der Waals surface area (Å²) >= 11 is 4.86. The minimum absolute atomic E-state index is 0.118. The van der Waals surface area contributed by atoms with E-state index in [1.54, 1.807) is 6.20 Å². The fraction of sp³-hybridized carbons (Fsp3) is 0.333. The molecule has 0 fully saturated rings. The summed E-state index contributed by atoms with van der Waals surface area (Å²) in [6, 6.07) is 0. The molecule has 4 nitrogen and oxygen atoms in total. The van der Waals surface area contributed by atoms with E-state index < -0.39 is 0 Å². The summed E-state index contributed by atoms with van der Waals surface area (Å²) in [4.78, 5) is 8.57. The van der Waals surface area contributed by atoms with Crippen LogP contribution in [0.5, 0.6) is 0 Å². The molecule has 2 aromatic heterocycles. The Morgan fingerprint density at radius 3 is 3.20 bits per heavy atom. The number of nitrogens with zero attached hydrogens (tertiary/aromatic N) is 3. The van der Waals surface area contributed by atoms with Crippen LogP contribution in [0.3, 0.4) is 0 Å². The third-order valence-corrected chi connectivity index (χ3v) is 3.31. The smallest absolute Gasteiger partial charge is 0.169 e. The molecule has 0 aliphatic heterocycles. The zero-order valence-corrected chi connectivity index (χ0v) is 10.5. The molecule has 0 saturated heterocycles. The molecule has 15 heavy (non-hydrogen) atoms. The maximum Gasteiger partial charge on any atom is 0.169 e. The van der Waals surface area contributed by atoms with Crippen molar-refractivity contribution in [3.8, 4) is 0 Å². The van der Waals surface area contributed by atoms with E-state index in [1.165, 1.54) is 11.8 Å². The number of thioether (sulfide) groups is 1. The highest BCUT2D eigenvalue weighted by Crippen LogP contribution is 2.26. The second-order valence-electron chi connectivity index (χ2n) is 3.14. The van der Waals surface area contributed by atoms with Crippen molar-refractivity contribution in [3.05, 3.63) is 23.2 Å². The molecule has 2 rings (SSSR count). The summed E-state index contributed by atoms with van der Waals surface area (Å²) in [6.07, 6.45) is 5.46. The number of rotatable bonds is 3. The van der Waals surface area contributed by atoms with E-state index in [9.17, 15) is 0 Å². The molecule has 0 saturated carbocycles. The Balaban J connectivity index is 2.44. The number of hydrogen-bond donors (Lipinski definition) is 1.